The third-order valence-electron chi connectivity index (χ3n) is 10.5. The van der Waals surface area contributed by atoms with Crippen molar-refractivity contribution in [1.29, 1.82) is 0 Å². The van der Waals surface area contributed by atoms with Crippen molar-refractivity contribution in [3.63, 3.8) is 0 Å². The van der Waals surface area contributed by atoms with Crippen molar-refractivity contribution in [1.82, 2.24) is 21.3 Å². The van der Waals surface area contributed by atoms with E-state index in [1.54, 1.807) is 0 Å². The maximum absolute atomic E-state index is 13.6. The van der Waals surface area contributed by atoms with Crippen LogP contribution in [0, 0.1) is 23.3 Å². The van der Waals surface area contributed by atoms with Crippen LogP contribution in [0.1, 0.15) is 45.4 Å². The van der Waals surface area contributed by atoms with Gasteiger partial charge in [-0.3, -0.25) is 14.4 Å². The number of urea groups is 1. The van der Waals surface area contributed by atoms with Crippen molar-refractivity contribution in [2.45, 2.75) is 68.8 Å². The molecule has 0 spiro atoms. The molecule has 0 radical (unpaired) electrons. The number of thioether (sulfide) groups is 1. The van der Waals surface area contributed by atoms with E-state index in [-0.39, 0.29) is 62.4 Å². The number of hydrogen-bond acceptors (Lipinski definition) is 18. The van der Waals surface area contributed by atoms with Gasteiger partial charge in [0, 0.05) is 30.0 Å². The number of amides is 4. The fourth-order valence-corrected chi connectivity index (χ4v) is 8.29. The molecule has 3 rings (SSSR count). The number of benzene rings is 1. The highest BCUT2D eigenvalue weighted by Crippen LogP contribution is 2.33. The molecule has 0 aromatic heterocycles. The molecule has 0 aliphatic carbocycles. The summed E-state index contributed by atoms with van der Waals surface area (Å²) in [6, 6.07) is -0.318. The molecule has 4 N–H and O–H groups in total. The van der Waals surface area contributed by atoms with Crippen molar-refractivity contribution < 1.29 is 98.3 Å². The normalized spacial score (nSPS) is 16.6. The maximum Gasteiger partial charge on any atom is 0.315 e. The first-order chi connectivity index (χ1) is 35.6. The quantitative estimate of drug-likeness (QED) is 0.0183. The number of ether oxygens (including phenoxy) is 13. The topological polar surface area (TPSA) is 236 Å². The molecule has 1 aromatic carbocycles. The first-order valence-electron chi connectivity index (χ1n) is 24.8. The van der Waals surface area contributed by atoms with Crippen LogP contribution in [0.4, 0.5) is 22.4 Å². The molecule has 2 heterocycles. The predicted octanol–water partition coefficient (Wildman–Crippen LogP) is 2.47. The summed E-state index contributed by atoms with van der Waals surface area (Å²) in [6.07, 6.45) is 2.99. The third kappa shape index (κ3) is 30.0. The van der Waals surface area contributed by atoms with Crippen LogP contribution in [0.3, 0.4) is 0 Å². The number of carbonyl (C=O) groups is 4. The predicted molar refractivity (Wildman–Crippen MR) is 256 cm³/mol. The Morgan fingerprint density at radius 3 is 1.42 bits per heavy atom. The Morgan fingerprint density at radius 2 is 1.00 bits per heavy atom. The van der Waals surface area contributed by atoms with Crippen LogP contribution in [0.25, 0.3) is 0 Å². The van der Waals surface area contributed by atoms with Crippen molar-refractivity contribution in [3.05, 3.63) is 29.3 Å². The number of rotatable bonds is 48. The number of hydrogen-bond donors (Lipinski definition) is 4. The first-order valence-corrected chi connectivity index (χ1v) is 25.9. The Labute approximate surface area is 428 Å². The van der Waals surface area contributed by atoms with Gasteiger partial charge in [-0.2, -0.15) is 20.5 Å². The van der Waals surface area contributed by atoms with E-state index in [1.165, 1.54) is 0 Å². The van der Waals surface area contributed by atoms with E-state index >= 15 is 0 Å². The van der Waals surface area contributed by atoms with Gasteiger partial charge in [-0.1, -0.05) is 13.3 Å². The second-order valence-corrected chi connectivity index (χ2v) is 17.3. The highest BCUT2D eigenvalue weighted by molar-refractivity contribution is 8.00. The fraction of sp³-hybridized carbons (Fsp3) is 0.787. The average molecular weight is 1080 g/mol. The number of halogens is 4. The van der Waals surface area contributed by atoms with E-state index in [9.17, 15) is 36.7 Å². The zero-order valence-electron chi connectivity index (χ0n) is 41.9. The summed E-state index contributed by atoms with van der Waals surface area (Å²) in [4.78, 5) is 48.3. The molecule has 73 heavy (non-hydrogen) atoms. The minimum Gasteiger partial charge on any atom is -0.420 e. The summed E-state index contributed by atoms with van der Waals surface area (Å²) < 4.78 is 123. The molecule has 21 nitrogen and oxygen atoms in total. The second-order valence-electron chi connectivity index (χ2n) is 16.1. The lowest BCUT2D eigenvalue weighted by Gasteiger charge is -2.18. The highest BCUT2D eigenvalue weighted by Gasteiger charge is 2.42. The maximum atomic E-state index is 13.6. The van der Waals surface area contributed by atoms with Crippen LogP contribution in [0.5, 0.6) is 5.75 Å². The lowest BCUT2D eigenvalue weighted by Crippen LogP contribution is -2.47. The van der Waals surface area contributed by atoms with Crippen molar-refractivity contribution in [2.75, 3.05) is 171 Å². The molecule has 2 saturated heterocycles. The zero-order chi connectivity index (χ0) is 52.6. The standard InChI is InChI=1S/C47H76F4N4O17S/c1-2-37(53-40(56)6-4-3-5-39-44-38(34-73-39)54-47(59)55-44)46(58)52-8-10-61-12-14-63-16-18-65-20-22-67-24-26-69-28-30-71-32-31-70-29-27-68-25-23-66-21-19-64-17-15-62-13-11-60-9-7-41(57)72-45-42(50)35(48)33-36(49)43(45)51/h33,37-39,44H,2-32,34H2,1H3,(H,52,58)(H,53,56)(H2,54,55,59). The van der Waals surface area contributed by atoms with E-state index in [2.05, 4.69) is 26.0 Å². The summed E-state index contributed by atoms with van der Waals surface area (Å²) in [5.74, 6) is -8.99. The van der Waals surface area contributed by atoms with Gasteiger partial charge < -0.3 is 82.8 Å². The summed E-state index contributed by atoms with van der Waals surface area (Å²) in [6.45, 7) is 10.7. The van der Waals surface area contributed by atoms with Gasteiger partial charge in [0.05, 0.1) is 177 Å². The SMILES string of the molecule is CCC(NC(=O)CCCCC1SCC2NC(=O)NC21)C(=O)NCCOCCOCCOCCOCCOCCOCCOCCOCCOCCOCCOCCOCCC(=O)Oc1c(F)c(F)cc(F)c1F. The van der Waals surface area contributed by atoms with Crippen LogP contribution in [0.2, 0.25) is 0 Å². The minimum atomic E-state index is -1.80. The van der Waals surface area contributed by atoms with Crippen molar-refractivity contribution in [3.8, 4) is 5.75 Å². The number of nitrogens with one attached hydrogen (secondary N) is 4. The van der Waals surface area contributed by atoms with Crippen LogP contribution in [-0.2, 0) is 71.2 Å². The third-order valence-corrected chi connectivity index (χ3v) is 12.0. The van der Waals surface area contributed by atoms with Crippen LogP contribution in [-0.4, -0.2) is 218 Å². The molecule has 2 aliphatic rings. The Morgan fingerprint density at radius 1 is 0.589 bits per heavy atom. The number of esters is 1. The van der Waals surface area contributed by atoms with Gasteiger partial charge in [0.1, 0.15) is 6.04 Å². The van der Waals surface area contributed by atoms with Gasteiger partial charge in [0.15, 0.2) is 11.6 Å². The van der Waals surface area contributed by atoms with Crippen LogP contribution < -0.4 is 26.0 Å². The summed E-state index contributed by atoms with van der Waals surface area (Å²) >= 11 is 1.86. The Hall–Kier alpha value is -3.51. The summed E-state index contributed by atoms with van der Waals surface area (Å²) in [5, 5.41) is 11.9. The van der Waals surface area contributed by atoms with Crippen LogP contribution in [0.15, 0.2) is 6.07 Å². The Kier molecular flexibility index (Phi) is 36.4. The zero-order valence-corrected chi connectivity index (χ0v) is 42.7. The van der Waals surface area contributed by atoms with Gasteiger partial charge in [-0.05, 0) is 19.3 Å². The van der Waals surface area contributed by atoms with Gasteiger partial charge in [-0.25, -0.2) is 13.6 Å². The monoisotopic (exact) mass is 1080 g/mol. The van der Waals surface area contributed by atoms with Crippen LogP contribution >= 0.6 is 11.8 Å². The highest BCUT2D eigenvalue weighted by atomic mass is 32.2. The molecular formula is C47H76F4N4O17S. The average Bonchev–Trinajstić information content (AvgIpc) is 3.94. The Balaban J connectivity index is 0.923. The molecule has 0 saturated carbocycles. The van der Waals surface area contributed by atoms with Crippen molar-refractivity contribution >= 4 is 35.6 Å². The van der Waals surface area contributed by atoms with Gasteiger partial charge in [0.25, 0.3) is 0 Å². The molecule has 2 fully saturated rings. The number of carbonyl (C=O) groups excluding carboxylic acids is 4. The largest absolute Gasteiger partial charge is 0.420 e. The summed E-state index contributed by atoms with van der Waals surface area (Å²) in [5.41, 5.74) is 0. The lowest BCUT2D eigenvalue weighted by atomic mass is 10.0. The van der Waals surface area contributed by atoms with E-state index in [1.807, 2.05) is 18.7 Å². The van der Waals surface area contributed by atoms with E-state index in [0.29, 0.717) is 157 Å². The fourth-order valence-electron chi connectivity index (χ4n) is 6.75. The first kappa shape index (κ1) is 63.8. The van der Waals surface area contributed by atoms with Crippen molar-refractivity contribution in [2.24, 2.45) is 0 Å². The van der Waals surface area contributed by atoms with Gasteiger partial charge in [0.2, 0.25) is 29.2 Å². The molecule has 420 valence electrons. The second kappa shape index (κ2) is 41.7. The Bertz CT molecular complexity index is 1650. The minimum absolute atomic E-state index is 0.0146. The molecule has 1 aromatic rings. The smallest absolute Gasteiger partial charge is 0.315 e. The van der Waals surface area contributed by atoms with Gasteiger partial charge >= 0.3 is 12.0 Å². The molecule has 26 heteroatoms. The number of unbranched alkanes of at least 4 members (excludes halogenated alkanes) is 1. The van der Waals surface area contributed by atoms with Gasteiger partial charge in [-0.15, -0.1) is 0 Å². The van der Waals surface area contributed by atoms with E-state index in [4.69, 9.17) is 56.8 Å². The molecule has 4 unspecified atom stereocenters. The lowest BCUT2D eigenvalue weighted by molar-refractivity contribution is -0.136. The molecule has 4 amide bonds. The molecule has 2 aliphatic heterocycles. The molecule has 4 atom stereocenters. The number of fused-ring (bicyclic) bond motifs is 1. The summed E-state index contributed by atoms with van der Waals surface area (Å²) in [7, 11) is 0. The van der Waals surface area contributed by atoms with E-state index in [0.717, 1.165) is 25.0 Å². The molecular weight excluding hydrogens is 1000 g/mol. The van der Waals surface area contributed by atoms with E-state index < -0.39 is 47.5 Å². The molecule has 0 bridgehead atoms.